The molecule has 0 aliphatic rings. The van der Waals surface area contributed by atoms with Gasteiger partial charge in [0.05, 0.1) is 12.7 Å². The molecule has 2 aromatic rings. The van der Waals surface area contributed by atoms with Crippen LogP contribution < -0.4 is 14.8 Å². The molecule has 144 valence electrons. The molecule has 0 saturated carbocycles. The minimum atomic E-state index is -1.02. The van der Waals surface area contributed by atoms with E-state index in [1.807, 2.05) is 19.1 Å². The molecule has 6 nitrogen and oxygen atoms in total. The van der Waals surface area contributed by atoms with Crippen LogP contribution in [0, 0.1) is 0 Å². The van der Waals surface area contributed by atoms with Gasteiger partial charge in [-0.05, 0) is 48.7 Å². The first-order valence-corrected chi connectivity index (χ1v) is 8.80. The van der Waals surface area contributed by atoms with E-state index in [-0.39, 0.29) is 11.8 Å². The van der Waals surface area contributed by atoms with E-state index >= 15 is 0 Å². The third kappa shape index (κ3) is 5.62. The van der Waals surface area contributed by atoms with Gasteiger partial charge in [0, 0.05) is 11.6 Å². The molecule has 0 radical (unpaired) electrons. The van der Waals surface area contributed by atoms with Crippen molar-refractivity contribution in [2.24, 2.45) is 0 Å². The molecule has 2 unspecified atom stereocenters. The van der Waals surface area contributed by atoms with Crippen molar-refractivity contribution in [3.8, 4) is 11.5 Å². The normalized spacial score (nSPS) is 12.7. The van der Waals surface area contributed by atoms with E-state index in [0.29, 0.717) is 28.6 Å². The first-order chi connectivity index (χ1) is 12.8. The van der Waals surface area contributed by atoms with Gasteiger partial charge in [0.25, 0.3) is 5.91 Å². The lowest BCUT2D eigenvalue weighted by atomic mass is 10.0. The van der Waals surface area contributed by atoms with Gasteiger partial charge in [-0.25, -0.2) is 4.79 Å². The Kier molecular flexibility index (Phi) is 7.07. The van der Waals surface area contributed by atoms with E-state index in [2.05, 4.69) is 5.32 Å². The highest BCUT2D eigenvalue weighted by atomic mass is 35.5. The van der Waals surface area contributed by atoms with Crippen LogP contribution in [0.15, 0.2) is 42.5 Å². The summed E-state index contributed by atoms with van der Waals surface area (Å²) in [6.45, 7) is 3.87. The number of carbonyl (C=O) groups is 2. The SMILES string of the molecule is COc1ccc(Cl)cc1C(=O)NCC(C)c1ccc(OC(C)C(=O)O)cc1. The molecule has 2 N–H and O–H groups in total. The van der Waals surface area contributed by atoms with Crippen LogP contribution in [0.4, 0.5) is 0 Å². The number of amides is 1. The predicted molar refractivity (Wildman–Crippen MR) is 103 cm³/mol. The van der Waals surface area contributed by atoms with Crippen molar-refractivity contribution < 1.29 is 24.2 Å². The Labute approximate surface area is 163 Å². The maximum Gasteiger partial charge on any atom is 0.344 e. The van der Waals surface area contributed by atoms with Gasteiger partial charge in [-0.3, -0.25) is 4.79 Å². The highest BCUT2D eigenvalue weighted by Gasteiger charge is 2.15. The summed E-state index contributed by atoms with van der Waals surface area (Å²) in [5.74, 6) is -0.305. The molecular weight excluding hydrogens is 370 g/mol. The third-order valence-electron chi connectivity index (χ3n) is 4.08. The number of halogens is 1. The van der Waals surface area contributed by atoms with Gasteiger partial charge in [0.15, 0.2) is 6.10 Å². The maximum absolute atomic E-state index is 12.4. The second-order valence-corrected chi connectivity index (χ2v) is 6.56. The van der Waals surface area contributed by atoms with Crippen LogP contribution >= 0.6 is 11.6 Å². The number of nitrogens with one attached hydrogen (secondary N) is 1. The fraction of sp³-hybridized carbons (Fsp3) is 0.300. The summed E-state index contributed by atoms with van der Waals surface area (Å²) < 4.78 is 10.5. The van der Waals surface area contributed by atoms with Gasteiger partial charge in [0.2, 0.25) is 0 Å². The van der Waals surface area contributed by atoms with Crippen LogP contribution in [0.2, 0.25) is 5.02 Å². The summed E-state index contributed by atoms with van der Waals surface area (Å²) in [6.07, 6.45) is -0.916. The van der Waals surface area contributed by atoms with E-state index in [1.165, 1.54) is 14.0 Å². The van der Waals surface area contributed by atoms with Crippen molar-refractivity contribution in [2.75, 3.05) is 13.7 Å². The molecule has 1 amide bonds. The molecule has 0 aliphatic carbocycles. The number of hydrogen-bond acceptors (Lipinski definition) is 4. The van der Waals surface area contributed by atoms with E-state index in [9.17, 15) is 9.59 Å². The second-order valence-electron chi connectivity index (χ2n) is 6.12. The quantitative estimate of drug-likeness (QED) is 0.716. The molecule has 7 heteroatoms. The Morgan fingerprint density at radius 2 is 1.81 bits per heavy atom. The summed E-state index contributed by atoms with van der Waals surface area (Å²) in [7, 11) is 1.50. The Hall–Kier alpha value is -2.73. The number of carboxylic acids is 1. The van der Waals surface area contributed by atoms with Crippen molar-refractivity contribution in [2.45, 2.75) is 25.9 Å². The van der Waals surface area contributed by atoms with Crippen molar-refractivity contribution >= 4 is 23.5 Å². The monoisotopic (exact) mass is 391 g/mol. The van der Waals surface area contributed by atoms with E-state index in [4.69, 9.17) is 26.2 Å². The summed E-state index contributed by atoms with van der Waals surface area (Å²) in [6, 6.07) is 12.0. The first-order valence-electron chi connectivity index (χ1n) is 8.43. The van der Waals surface area contributed by atoms with Gasteiger partial charge in [-0.1, -0.05) is 30.7 Å². The molecule has 0 saturated heterocycles. The van der Waals surface area contributed by atoms with Crippen molar-refractivity contribution in [1.29, 1.82) is 0 Å². The fourth-order valence-corrected chi connectivity index (χ4v) is 2.62. The molecule has 2 aromatic carbocycles. The van der Waals surface area contributed by atoms with Gasteiger partial charge in [-0.2, -0.15) is 0 Å². The topological polar surface area (TPSA) is 84.9 Å². The molecule has 2 rings (SSSR count). The van der Waals surface area contributed by atoms with Gasteiger partial charge in [0.1, 0.15) is 11.5 Å². The molecule has 0 aromatic heterocycles. The minimum Gasteiger partial charge on any atom is -0.496 e. The average molecular weight is 392 g/mol. The van der Waals surface area contributed by atoms with Gasteiger partial charge >= 0.3 is 5.97 Å². The van der Waals surface area contributed by atoms with E-state index in [0.717, 1.165) is 5.56 Å². The van der Waals surface area contributed by atoms with Gasteiger partial charge < -0.3 is 19.9 Å². The summed E-state index contributed by atoms with van der Waals surface area (Å²) in [4.78, 5) is 23.3. The molecular formula is C20H22ClNO5. The number of benzene rings is 2. The Balaban J connectivity index is 1.97. The second kappa shape index (κ2) is 9.28. The number of ether oxygens (including phenoxy) is 2. The number of aliphatic carboxylic acids is 1. The molecule has 2 atom stereocenters. The Morgan fingerprint density at radius 1 is 1.15 bits per heavy atom. The molecule has 0 spiro atoms. The number of hydrogen-bond donors (Lipinski definition) is 2. The van der Waals surface area contributed by atoms with Crippen LogP contribution in [0.25, 0.3) is 0 Å². The maximum atomic E-state index is 12.4. The van der Waals surface area contributed by atoms with Crippen molar-refractivity contribution in [3.05, 3.63) is 58.6 Å². The summed E-state index contributed by atoms with van der Waals surface area (Å²) >= 11 is 5.96. The number of carbonyl (C=O) groups excluding carboxylic acids is 1. The molecule has 27 heavy (non-hydrogen) atoms. The number of carboxylic acid groups (broad SMARTS) is 1. The van der Waals surface area contributed by atoms with Crippen LogP contribution in [-0.4, -0.2) is 36.7 Å². The zero-order valence-electron chi connectivity index (χ0n) is 15.4. The molecule has 0 bridgehead atoms. The number of rotatable bonds is 8. The smallest absolute Gasteiger partial charge is 0.344 e. The van der Waals surface area contributed by atoms with Crippen LogP contribution in [-0.2, 0) is 4.79 Å². The Morgan fingerprint density at radius 3 is 2.41 bits per heavy atom. The molecule has 0 aliphatic heterocycles. The Bertz CT molecular complexity index is 807. The standard InChI is InChI=1S/C20H22ClNO5/c1-12(14-4-7-16(8-5-14)27-13(2)20(24)25)11-22-19(23)17-10-15(21)6-9-18(17)26-3/h4-10,12-13H,11H2,1-3H3,(H,22,23)(H,24,25). The molecule has 0 fully saturated rings. The lowest BCUT2D eigenvalue weighted by Gasteiger charge is -2.16. The fourth-order valence-electron chi connectivity index (χ4n) is 2.45. The summed E-state index contributed by atoms with van der Waals surface area (Å²) in [5.41, 5.74) is 1.37. The highest BCUT2D eigenvalue weighted by molar-refractivity contribution is 6.31. The third-order valence-corrected chi connectivity index (χ3v) is 4.32. The van der Waals surface area contributed by atoms with E-state index < -0.39 is 12.1 Å². The predicted octanol–water partition coefficient (Wildman–Crippen LogP) is 3.73. The average Bonchev–Trinajstić information content (AvgIpc) is 2.66. The van der Waals surface area contributed by atoms with Crippen LogP contribution in [0.5, 0.6) is 11.5 Å². The van der Waals surface area contributed by atoms with Crippen molar-refractivity contribution in [3.63, 3.8) is 0 Å². The molecule has 0 heterocycles. The summed E-state index contributed by atoms with van der Waals surface area (Å²) in [5, 5.41) is 12.2. The first kappa shape index (κ1) is 20.6. The highest BCUT2D eigenvalue weighted by Crippen LogP contribution is 2.23. The minimum absolute atomic E-state index is 0.0464. The number of methoxy groups -OCH3 is 1. The lowest BCUT2D eigenvalue weighted by molar-refractivity contribution is -0.144. The van der Waals surface area contributed by atoms with E-state index in [1.54, 1.807) is 30.3 Å². The lowest BCUT2D eigenvalue weighted by Crippen LogP contribution is -2.28. The largest absolute Gasteiger partial charge is 0.496 e. The van der Waals surface area contributed by atoms with Crippen LogP contribution in [0.1, 0.15) is 35.7 Å². The van der Waals surface area contributed by atoms with Gasteiger partial charge in [-0.15, -0.1) is 0 Å². The van der Waals surface area contributed by atoms with Crippen molar-refractivity contribution in [1.82, 2.24) is 5.32 Å². The van der Waals surface area contributed by atoms with Crippen LogP contribution in [0.3, 0.4) is 0 Å². The zero-order chi connectivity index (χ0) is 20.0. The zero-order valence-corrected chi connectivity index (χ0v) is 16.1.